The molecule has 7 nitrogen and oxygen atoms in total. The maximum Gasteiger partial charge on any atom is 0.469 e. The predicted octanol–water partition coefficient (Wildman–Crippen LogP) is 3.78. The van der Waals surface area contributed by atoms with Crippen LogP contribution in [0.5, 0.6) is 11.5 Å². The Morgan fingerprint density at radius 3 is 2.60 bits per heavy atom. The zero-order valence-corrected chi connectivity index (χ0v) is 18.1. The fourth-order valence-electron chi connectivity index (χ4n) is 3.90. The van der Waals surface area contributed by atoms with Gasteiger partial charge in [0, 0.05) is 11.6 Å². The largest absolute Gasteiger partial charge is 0.497 e. The minimum absolute atomic E-state index is 0.126. The number of methoxy groups -OCH3 is 1. The second-order valence-corrected chi connectivity index (χ2v) is 9.18. The second kappa shape index (κ2) is 9.94. The monoisotopic (exact) mass is 435 g/mol. The summed E-state index contributed by atoms with van der Waals surface area (Å²) in [6, 6.07) is 16.1. The number of ether oxygens (including phenoxy) is 2. The number of phosphoric ester groups is 1. The van der Waals surface area contributed by atoms with E-state index in [-0.39, 0.29) is 12.5 Å². The molecule has 164 valence electrons. The zero-order chi connectivity index (χ0) is 21.6. The van der Waals surface area contributed by atoms with E-state index in [9.17, 15) is 4.57 Å². The van der Waals surface area contributed by atoms with Crippen LogP contribution < -0.4 is 15.2 Å². The Morgan fingerprint density at radius 2 is 1.90 bits per heavy atom. The van der Waals surface area contributed by atoms with Crippen molar-refractivity contribution in [2.45, 2.75) is 43.6 Å². The first-order valence-corrected chi connectivity index (χ1v) is 11.6. The van der Waals surface area contributed by atoms with Gasteiger partial charge < -0.3 is 25.0 Å². The summed E-state index contributed by atoms with van der Waals surface area (Å²) in [7, 11) is -2.86. The summed E-state index contributed by atoms with van der Waals surface area (Å²) in [6.45, 7) is 0.506. The smallest absolute Gasteiger partial charge is 0.469 e. The van der Waals surface area contributed by atoms with Crippen LogP contribution in [0.3, 0.4) is 0 Å². The molecule has 0 saturated heterocycles. The van der Waals surface area contributed by atoms with Crippen LogP contribution in [0.15, 0.2) is 48.5 Å². The van der Waals surface area contributed by atoms with E-state index in [2.05, 4.69) is 28.8 Å². The Bertz CT molecular complexity index is 868. The normalized spacial score (nSPS) is 21.5. The van der Waals surface area contributed by atoms with Crippen LogP contribution in [0.1, 0.15) is 42.7 Å². The van der Waals surface area contributed by atoms with Crippen molar-refractivity contribution in [3.05, 3.63) is 59.7 Å². The van der Waals surface area contributed by atoms with Gasteiger partial charge in [0.25, 0.3) is 0 Å². The van der Waals surface area contributed by atoms with E-state index in [4.69, 9.17) is 25.0 Å². The van der Waals surface area contributed by atoms with Gasteiger partial charge in [-0.3, -0.25) is 4.52 Å². The van der Waals surface area contributed by atoms with Gasteiger partial charge in [-0.2, -0.15) is 0 Å². The molecule has 2 aromatic rings. The third-order valence-electron chi connectivity index (χ3n) is 5.53. The van der Waals surface area contributed by atoms with Gasteiger partial charge in [0.05, 0.1) is 20.3 Å². The molecule has 0 radical (unpaired) electrons. The topological polar surface area (TPSA) is 111 Å². The van der Waals surface area contributed by atoms with Crippen LogP contribution in [0, 0.1) is 0 Å². The van der Waals surface area contributed by atoms with Crippen LogP contribution in [0.4, 0.5) is 0 Å². The predicted molar refractivity (Wildman–Crippen MR) is 115 cm³/mol. The maximum absolute atomic E-state index is 10.9. The molecule has 2 aromatic carbocycles. The molecule has 1 saturated carbocycles. The molecule has 0 spiro atoms. The van der Waals surface area contributed by atoms with Crippen LogP contribution in [-0.4, -0.2) is 35.6 Å². The molecular weight excluding hydrogens is 405 g/mol. The summed E-state index contributed by atoms with van der Waals surface area (Å²) in [5, 5.41) is 0. The van der Waals surface area contributed by atoms with Crippen molar-refractivity contribution < 1.29 is 28.3 Å². The Morgan fingerprint density at radius 1 is 1.17 bits per heavy atom. The van der Waals surface area contributed by atoms with Crippen LogP contribution in [0.2, 0.25) is 0 Å². The third kappa shape index (κ3) is 6.83. The van der Waals surface area contributed by atoms with Crippen LogP contribution in [0.25, 0.3) is 0 Å². The van der Waals surface area contributed by atoms with Crippen LogP contribution in [-0.2, 0) is 15.5 Å². The standard InChI is InChI=1S/C22H30NO6P/c1-27-20-5-2-6-21(14-20)28-13-3-4-17-7-9-18(10-8-17)19-11-12-22(23,15-19)16-29-30(24,25)26/h2,5-10,14,19H,3-4,11-13,15-16,23H2,1H3,(H2,24,25,26)/t19-,22-/m1/s1. The average Bonchev–Trinajstić information content (AvgIpc) is 3.13. The highest BCUT2D eigenvalue weighted by molar-refractivity contribution is 7.46. The van der Waals surface area contributed by atoms with Crippen molar-refractivity contribution >= 4 is 7.82 Å². The van der Waals surface area contributed by atoms with Crippen molar-refractivity contribution in [1.29, 1.82) is 0 Å². The minimum Gasteiger partial charge on any atom is -0.497 e. The first-order valence-electron chi connectivity index (χ1n) is 10.1. The number of hydrogen-bond donors (Lipinski definition) is 3. The quantitative estimate of drug-likeness (QED) is 0.385. The summed E-state index contributed by atoms with van der Waals surface area (Å²) < 4.78 is 26.6. The van der Waals surface area contributed by atoms with E-state index in [0.29, 0.717) is 19.4 Å². The van der Waals surface area contributed by atoms with E-state index in [1.54, 1.807) is 7.11 Å². The third-order valence-corrected chi connectivity index (χ3v) is 6.00. The van der Waals surface area contributed by atoms with E-state index >= 15 is 0 Å². The lowest BCUT2D eigenvalue weighted by Crippen LogP contribution is -2.41. The Balaban J connectivity index is 1.44. The Kier molecular flexibility index (Phi) is 7.55. The van der Waals surface area contributed by atoms with Gasteiger partial charge in [-0.15, -0.1) is 0 Å². The highest BCUT2D eigenvalue weighted by atomic mass is 31.2. The highest BCUT2D eigenvalue weighted by Gasteiger charge is 2.38. The molecule has 1 aliphatic rings. The molecule has 0 bridgehead atoms. The number of rotatable bonds is 10. The minimum atomic E-state index is -4.49. The molecule has 0 heterocycles. The van der Waals surface area contributed by atoms with Crippen molar-refractivity contribution in [2.75, 3.05) is 20.3 Å². The van der Waals surface area contributed by atoms with E-state index in [1.165, 1.54) is 11.1 Å². The molecule has 3 rings (SSSR count). The number of phosphoric acid groups is 1. The van der Waals surface area contributed by atoms with Gasteiger partial charge in [0.15, 0.2) is 0 Å². The number of benzene rings is 2. The van der Waals surface area contributed by atoms with Crippen molar-refractivity contribution in [2.24, 2.45) is 5.73 Å². The fraction of sp³-hybridized carbons (Fsp3) is 0.455. The highest BCUT2D eigenvalue weighted by Crippen LogP contribution is 2.43. The molecule has 0 aromatic heterocycles. The van der Waals surface area contributed by atoms with Crippen LogP contribution >= 0.6 is 7.82 Å². The van der Waals surface area contributed by atoms with Crippen molar-refractivity contribution in [3.8, 4) is 11.5 Å². The Labute approximate surface area is 177 Å². The summed E-state index contributed by atoms with van der Waals surface area (Å²) in [6.07, 6.45) is 4.05. The number of aryl methyl sites for hydroxylation is 1. The van der Waals surface area contributed by atoms with E-state index in [1.807, 2.05) is 24.3 Å². The van der Waals surface area contributed by atoms with Gasteiger partial charge in [-0.1, -0.05) is 30.3 Å². The van der Waals surface area contributed by atoms with E-state index in [0.717, 1.165) is 30.8 Å². The number of hydrogen-bond acceptors (Lipinski definition) is 5. The molecular formula is C22H30NO6P. The van der Waals surface area contributed by atoms with Crippen molar-refractivity contribution in [3.63, 3.8) is 0 Å². The molecule has 0 unspecified atom stereocenters. The zero-order valence-electron chi connectivity index (χ0n) is 17.2. The lowest BCUT2D eigenvalue weighted by molar-refractivity contribution is 0.153. The first kappa shape index (κ1) is 22.8. The lowest BCUT2D eigenvalue weighted by atomic mass is 9.93. The molecule has 30 heavy (non-hydrogen) atoms. The van der Waals surface area contributed by atoms with Gasteiger partial charge in [0.1, 0.15) is 11.5 Å². The molecule has 0 aliphatic heterocycles. The SMILES string of the molecule is COc1cccc(OCCCc2ccc([C@@H]3CC[C@](N)(COP(=O)(O)O)C3)cc2)c1. The summed E-state index contributed by atoms with van der Waals surface area (Å²) in [4.78, 5) is 17.8. The molecule has 4 N–H and O–H groups in total. The lowest BCUT2D eigenvalue weighted by Gasteiger charge is -2.24. The molecule has 1 fully saturated rings. The summed E-state index contributed by atoms with van der Waals surface area (Å²) >= 11 is 0. The maximum atomic E-state index is 10.9. The van der Waals surface area contributed by atoms with E-state index < -0.39 is 13.4 Å². The summed E-state index contributed by atoms with van der Waals surface area (Å²) in [5.74, 6) is 1.87. The Hall–Kier alpha value is -1.89. The van der Waals surface area contributed by atoms with Crippen molar-refractivity contribution in [1.82, 2.24) is 0 Å². The molecule has 1 aliphatic carbocycles. The number of nitrogens with two attached hydrogens (primary N) is 1. The molecule has 0 amide bonds. The first-order chi connectivity index (χ1) is 14.3. The van der Waals surface area contributed by atoms with Gasteiger partial charge >= 0.3 is 7.82 Å². The van der Waals surface area contributed by atoms with Gasteiger partial charge in [-0.05, 0) is 61.3 Å². The molecule has 8 heteroatoms. The second-order valence-electron chi connectivity index (χ2n) is 7.94. The van der Waals surface area contributed by atoms with Gasteiger partial charge in [0.2, 0.25) is 0 Å². The fourth-order valence-corrected chi connectivity index (χ4v) is 4.32. The van der Waals surface area contributed by atoms with Gasteiger partial charge in [-0.25, -0.2) is 4.57 Å². The summed E-state index contributed by atoms with van der Waals surface area (Å²) in [5.41, 5.74) is 8.04. The average molecular weight is 435 g/mol. The molecule has 2 atom stereocenters.